The quantitative estimate of drug-likeness (QED) is 0.363. The third-order valence-electron chi connectivity index (χ3n) is 11.4. The van der Waals surface area contributed by atoms with E-state index in [0.717, 1.165) is 12.8 Å². The average molecular weight is 499 g/mol. The summed E-state index contributed by atoms with van der Waals surface area (Å²) in [6.45, 7) is 5.16. The maximum atomic E-state index is 2.62. The first-order valence-electron chi connectivity index (χ1n) is 15.7. The van der Waals surface area contributed by atoms with Crippen molar-refractivity contribution in [3.05, 3.63) is 115 Å². The molecule has 2 saturated carbocycles. The van der Waals surface area contributed by atoms with Crippen molar-refractivity contribution in [2.75, 3.05) is 0 Å². The number of allylic oxidation sites excluding steroid dienone is 20. The van der Waals surface area contributed by atoms with Crippen LogP contribution in [0, 0.1) is 10.8 Å². The molecular weight excluding hydrogens is 456 g/mol. The lowest BCUT2D eigenvalue weighted by molar-refractivity contribution is 0.413. The van der Waals surface area contributed by atoms with Crippen LogP contribution in [0.1, 0.15) is 104 Å². The molecule has 0 heterocycles. The van der Waals surface area contributed by atoms with Gasteiger partial charge in [0.15, 0.2) is 0 Å². The van der Waals surface area contributed by atoms with Crippen LogP contribution in [0.4, 0.5) is 0 Å². The van der Waals surface area contributed by atoms with Crippen molar-refractivity contribution in [2.45, 2.75) is 104 Å². The highest BCUT2D eigenvalue weighted by atomic mass is 14.5. The molecule has 0 aromatic rings. The summed E-state index contributed by atoms with van der Waals surface area (Å²) in [7, 11) is 0. The van der Waals surface area contributed by atoms with E-state index < -0.39 is 0 Å². The van der Waals surface area contributed by atoms with E-state index in [1.54, 1.807) is 55.7 Å². The summed E-state index contributed by atoms with van der Waals surface area (Å²) in [4.78, 5) is 0. The summed E-state index contributed by atoms with van der Waals surface area (Å²) >= 11 is 0. The first kappa shape index (κ1) is 23.3. The van der Waals surface area contributed by atoms with Crippen LogP contribution in [0.3, 0.4) is 0 Å². The van der Waals surface area contributed by atoms with Crippen molar-refractivity contribution in [1.82, 2.24) is 0 Å². The largest absolute Gasteiger partial charge is 0.0763 e. The lowest BCUT2D eigenvalue weighted by atomic mass is 9.67. The Balaban J connectivity index is 1.28. The van der Waals surface area contributed by atoms with E-state index in [4.69, 9.17) is 0 Å². The first-order chi connectivity index (χ1) is 18.5. The van der Waals surface area contributed by atoms with Gasteiger partial charge < -0.3 is 0 Å². The van der Waals surface area contributed by atoms with Gasteiger partial charge in [0.25, 0.3) is 0 Å². The molecule has 0 aliphatic heterocycles. The third-order valence-corrected chi connectivity index (χ3v) is 11.4. The Hall–Kier alpha value is -2.60. The normalized spacial score (nSPS) is 30.7. The molecule has 0 unspecified atom stereocenters. The molecule has 0 bridgehead atoms. The minimum atomic E-state index is 0.327. The summed E-state index contributed by atoms with van der Waals surface area (Å²) < 4.78 is 0. The van der Waals surface area contributed by atoms with Gasteiger partial charge in [-0.1, -0.05) is 99.3 Å². The lowest BCUT2D eigenvalue weighted by Gasteiger charge is -2.37. The molecule has 38 heavy (non-hydrogen) atoms. The Kier molecular flexibility index (Phi) is 5.18. The molecule has 0 nitrogen and oxygen atoms in total. The molecule has 0 radical (unpaired) electrons. The molecule has 0 spiro atoms. The van der Waals surface area contributed by atoms with Crippen molar-refractivity contribution in [1.29, 1.82) is 0 Å². The molecule has 0 amide bonds. The van der Waals surface area contributed by atoms with Crippen LogP contribution in [0.2, 0.25) is 0 Å². The summed E-state index contributed by atoms with van der Waals surface area (Å²) in [5, 5.41) is 0. The lowest BCUT2D eigenvalue weighted by Crippen LogP contribution is -2.23. The summed E-state index contributed by atoms with van der Waals surface area (Å²) in [5.41, 5.74) is 20.2. The van der Waals surface area contributed by atoms with E-state index in [-0.39, 0.29) is 0 Å². The Morgan fingerprint density at radius 2 is 1.00 bits per heavy atom. The Morgan fingerprint density at radius 1 is 0.579 bits per heavy atom. The molecule has 0 N–H and O–H groups in total. The van der Waals surface area contributed by atoms with Gasteiger partial charge in [0.1, 0.15) is 0 Å². The SMILES string of the molecule is CC1(C2=C3C=CC4=CCCC(=C43)CC2=CC=C2CC3=C4C(=CCC3)C=CC4=C2C2(C)CCCC2)CCCC1. The van der Waals surface area contributed by atoms with Crippen LogP contribution in [-0.2, 0) is 0 Å². The predicted octanol–water partition coefficient (Wildman–Crippen LogP) is 10.6. The van der Waals surface area contributed by atoms with Crippen LogP contribution in [0.15, 0.2) is 115 Å². The fourth-order valence-corrected chi connectivity index (χ4v) is 9.65. The molecule has 8 aliphatic carbocycles. The predicted molar refractivity (Wildman–Crippen MR) is 160 cm³/mol. The zero-order chi connectivity index (χ0) is 25.5. The number of rotatable bonds is 3. The molecule has 0 saturated heterocycles. The molecule has 0 heteroatoms. The van der Waals surface area contributed by atoms with Gasteiger partial charge >= 0.3 is 0 Å². The highest BCUT2D eigenvalue weighted by molar-refractivity contribution is 5.75. The molecule has 194 valence electrons. The molecule has 2 fully saturated rings. The summed E-state index contributed by atoms with van der Waals surface area (Å²) in [6.07, 6.45) is 38.2. The van der Waals surface area contributed by atoms with E-state index >= 15 is 0 Å². The number of hydrogen-bond acceptors (Lipinski definition) is 0. The van der Waals surface area contributed by atoms with Crippen LogP contribution >= 0.6 is 0 Å². The minimum absolute atomic E-state index is 0.327. The third kappa shape index (κ3) is 3.34. The fraction of sp³-hybridized carbons (Fsp3) is 0.474. The van der Waals surface area contributed by atoms with Gasteiger partial charge in [-0.25, -0.2) is 0 Å². The molecule has 8 rings (SSSR count). The van der Waals surface area contributed by atoms with Gasteiger partial charge in [-0.3, -0.25) is 0 Å². The van der Waals surface area contributed by atoms with E-state index in [1.165, 1.54) is 88.2 Å². The highest BCUT2D eigenvalue weighted by Gasteiger charge is 2.42. The zero-order valence-electron chi connectivity index (χ0n) is 23.5. The monoisotopic (exact) mass is 498 g/mol. The smallest absolute Gasteiger partial charge is 0.00544 e. The van der Waals surface area contributed by atoms with Gasteiger partial charge in [0.05, 0.1) is 0 Å². The van der Waals surface area contributed by atoms with Crippen LogP contribution in [0.25, 0.3) is 0 Å². The van der Waals surface area contributed by atoms with E-state index in [9.17, 15) is 0 Å². The van der Waals surface area contributed by atoms with Gasteiger partial charge in [0.2, 0.25) is 0 Å². The molecule has 0 aromatic heterocycles. The molecule has 0 atom stereocenters. The van der Waals surface area contributed by atoms with Crippen molar-refractivity contribution in [3.8, 4) is 0 Å². The van der Waals surface area contributed by atoms with Crippen LogP contribution < -0.4 is 0 Å². The fourth-order valence-electron chi connectivity index (χ4n) is 9.65. The second kappa shape index (κ2) is 8.45. The Morgan fingerprint density at radius 3 is 1.42 bits per heavy atom. The van der Waals surface area contributed by atoms with Crippen molar-refractivity contribution in [3.63, 3.8) is 0 Å². The highest BCUT2D eigenvalue weighted by Crippen LogP contribution is 2.57. The van der Waals surface area contributed by atoms with Crippen LogP contribution in [0.5, 0.6) is 0 Å². The molecular formula is C38H42. The molecule has 8 aliphatic rings. The van der Waals surface area contributed by atoms with E-state index in [1.807, 2.05) is 0 Å². The minimum Gasteiger partial charge on any atom is -0.0763 e. The van der Waals surface area contributed by atoms with Gasteiger partial charge in [-0.05, 0) is 131 Å². The maximum absolute atomic E-state index is 2.62. The molecule has 0 aromatic carbocycles. The Bertz CT molecular complexity index is 1330. The average Bonchev–Trinajstić information content (AvgIpc) is 3.73. The van der Waals surface area contributed by atoms with Crippen LogP contribution in [-0.4, -0.2) is 0 Å². The van der Waals surface area contributed by atoms with Crippen molar-refractivity contribution >= 4 is 0 Å². The second-order valence-corrected chi connectivity index (χ2v) is 13.9. The Labute approximate surface area is 229 Å². The number of hydrogen-bond donors (Lipinski definition) is 0. The topological polar surface area (TPSA) is 0 Å². The first-order valence-corrected chi connectivity index (χ1v) is 15.7. The van der Waals surface area contributed by atoms with Gasteiger partial charge in [-0.15, -0.1) is 0 Å². The van der Waals surface area contributed by atoms with Crippen molar-refractivity contribution < 1.29 is 0 Å². The second-order valence-electron chi connectivity index (χ2n) is 13.9. The zero-order valence-corrected chi connectivity index (χ0v) is 23.5. The van der Waals surface area contributed by atoms with Crippen molar-refractivity contribution in [2.24, 2.45) is 10.8 Å². The summed E-state index contributed by atoms with van der Waals surface area (Å²) in [5.74, 6) is 0. The summed E-state index contributed by atoms with van der Waals surface area (Å²) in [6, 6.07) is 0. The van der Waals surface area contributed by atoms with Gasteiger partial charge in [-0.2, -0.15) is 0 Å². The standard InChI is InChI=1S/C38H42/c1-37(19-3-4-20-37)35-29(23-27-11-7-9-25-15-17-31(35)33(25)27)13-14-30-24-28-12-8-10-26-16-18-32(34(26)28)36(30)38(2)21-5-6-22-38/h9-10,13-18H,3-8,11-12,19-24H2,1-2H3. The van der Waals surface area contributed by atoms with E-state index in [0.29, 0.717) is 10.8 Å². The van der Waals surface area contributed by atoms with Gasteiger partial charge in [0, 0.05) is 0 Å². The van der Waals surface area contributed by atoms with E-state index in [2.05, 4.69) is 62.5 Å². The maximum Gasteiger partial charge on any atom is -0.00544 e.